The van der Waals surface area contributed by atoms with E-state index in [2.05, 4.69) is 95.1 Å². The molecule has 0 radical (unpaired) electrons. The summed E-state index contributed by atoms with van der Waals surface area (Å²) in [6.07, 6.45) is 0. The summed E-state index contributed by atoms with van der Waals surface area (Å²) >= 11 is 0. The van der Waals surface area contributed by atoms with Crippen LogP contribution < -0.4 is 26.1 Å². The third-order valence-corrected chi connectivity index (χ3v) is 7.10. The van der Waals surface area contributed by atoms with Gasteiger partial charge >= 0.3 is 0 Å². The summed E-state index contributed by atoms with van der Waals surface area (Å²) in [5.41, 5.74) is 1.39. The Morgan fingerprint density at radius 3 is 1.76 bits per heavy atom. The van der Waals surface area contributed by atoms with Crippen LogP contribution in [0.3, 0.4) is 0 Å². The van der Waals surface area contributed by atoms with Crippen molar-refractivity contribution in [3.63, 3.8) is 0 Å². The topological polar surface area (TPSA) is 15.3 Å². The van der Waals surface area contributed by atoms with Crippen molar-refractivity contribution >= 4 is 29.5 Å². The van der Waals surface area contributed by atoms with Gasteiger partial charge in [-0.15, -0.1) is 0 Å². The summed E-state index contributed by atoms with van der Waals surface area (Å²) < 4.78 is 0. The lowest BCUT2D eigenvalue weighted by Gasteiger charge is -2.33. The average molecular weight is 346 g/mol. The van der Waals surface area contributed by atoms with Crippen LogP contribution in [0.1, 0.15) is 0 Å². The van der Waals surface area contributed by atoms with Crippen molar-refractivity contribution in [2.75, 3.05) is 31.1 Å². The minimum absolute atomic E-state index is 0.554. The summed E-state index contributed by atoms with van der Waals surface area (Å²) in [6, 6.07) is 30.9. The highest BCUT2D eigenvalue weighted by atomic mass is 31.1. The van der Waals surface area contributed by atoms with E-state index in [1.807, 2.05) is 0 Å². The first kappa shape index (κ1) is 16.3. The number of nitrogens with one attached hydrogen (secondary N) is 1. The van der Waals surface area contributed by atoms with Gasteiger partial charge in [-0.2, -0.15) is 0 Å². The molecule has 4 rings (SSSR count). The molecule has 2 nitrogen and oxygen atoms in total. The number of hydrogen-bond acceptors (Lipinski definition) is 2. The van der Waals surface area contributed by atoms with Gasteiger partial charge in [0.25, 0.3) is 0 Å². The number of hydrogen-bond donors (Lipinski definition) is 1. The van der Waals surface area contributed by atoms with Crippen molar-refractivity contribution in [1.29, 1.82) is 0 Å². The van der Waals surface area contributed by atoms with E-state index in [9.17, 15) is 0 Å². The van der Waals surface area contributed by atoms with Crippen LogP contribution in [-0.4, -0.2) is 26.2 Å². The molecule has 0 aromatic heterocycles. The number of rotatable bonds is 4. The van der Waals surface area contributed by atoms with Gasteiger partial charge in [0.1, 0.15) is 0 Å². The van der Waals surface area contributed by atoms with Crippen molar-refractivity contribution in [2.45, 2.75) is 0 Å². The molecule has 0 atom stereocenters. The zero-order valence-corrected chi connectivity index (χ0v) is 15.2. The van der Waals surface area contributed by atoms with Crippen LogP contribution in [0.2, 0.25) is 0 Å². The SMILES string of the molecule is c1ccc(P(c2ccccc2)c2ccccc2N2CCNCC2)cc1. The van der Waals surface area contributed by atoms with E-state index in [1.165, 1.54) is 21.6 Å². The third-order valence-electron chi connectivity index (χ3n) is 4.61. The fraction of sp³-hybridized carbons (Fsp3) is 0.182. The van der Waals surface area contributed by atoms with Crippen LogP contribution in [0.5, 0.6) is 0 Å². The third kappa shape index (κ3) is 3.61. The predicted molar refractivity (Wildman–Crippen MR) is 110 cm³/mol. The first-order valence-electron chi connectivity index (χ1n) is 8.88. The summed E-state index contributed by atoms with van der Waals surface area (Å²) in [5.74, 6) is 0. The first-order valence-corrected chi connectivity index (χ1v) is 10.2. The molecule has 1 N–H and O–H groups in total. The second kappa shape index (κ2) is 7.82. The lowest BCUT2D eigenvalue weighted by molar-refractivity contribution is 0.590. The number of para-hydroxylation sites is 1. The van der Waals surface area contributed by atoms with Gasteiger partial charge in [0.15, 0.2) is 0 Å². The summed E-state index contributed by atoms with van der Waals surface area (Å²) in [5, 5.41) is 7.73. The lowest BCUT2D eigenvalue weighted by Crippen LogP contribution is -2.45. The minimum Gasteiger partial charge on any atom is -0.368 e. The van der Waals surface area contributed by atoms with Crippen LogP contribution in [0.25, 0.3) is 0 Å². The number of nitrogens with zero attached hydrogens (tertiary/aromatic N) is 1. The molecule has 126 valence electrons. The van der Waals surface area contributed by atoms with E-state index >= 15 is 0 Å². The maximum atomic E-state index is 3.46. The second-order valence-electron chi connectivity index (χ2n) is 6.23. The van der Waals surface area contributed by atoms with E-state index in [0.29, 0.717) is 0 Å². The van der Waals surface area contributed by atoms with E-state index in [0.717, 1.165) is 26.2 Å². The maximum Gasteiger partial charge on any atom is 0.0451 e. The van der Waals surface area contributed by atoms with Crippen LogP contribution in [0.4, 0.5) is 5.69 Å². The zero-order chi connectivity index (χ0) is 16.9. The van der Waals surface area contributed by atoms with Crippen LogP contribution >= 0.6 is 7.92 Å². The molecule has 3 heteroatoms. The Hall–Kier alpha value is -2.15. The normalized spacial score (nSPS) is 14.7. The molecule has 3 aromatic carbocycles. The molecule has 1 aliphatic heterocycles. The summed E-state index contributed by atoms with van der Waals surface area (Å²) in [4.78, 5) is 2.53. The number of benzene rings is 3. The van der Waals surface area contributed by atoms with Gasteiger partial charge < -0.3 is 10.2 Å². The predicted octanol–water partition coefficient (Wildman–Crippen LogP) is 2.85. The standard InChI is InChI=1S/C22H23N2P/c1-3-9-19(10-4-1)25(20-11-5-2-6-12-20)22-14-8-7-13-21(22)24-17-15-23-16-18-24/h1-14,23H,15-18H2. The molecule has 0 spiro atoms. The summed E-state index contributed by atoms with van der Waals surface area (Å²) in [7, 11) is -0.554. The van der Waals surface area contributed by atoms with E-state index in [-0.39, 0.29) is 0 Å². The molecule has 1 heterocycles. The Kier molecular flexibility index (Phi) is 5.11. The van der Waals surface area contributed by atoms with Crippen molar-refractivity contribution in [3.8, 4) is 0 Å². The molecule has 0 saturated carbocycles. The molecule has 1 fully saturated rings. The van der Waals surface area contributed by atoms with Gasteiger partial charge in [0, 0.05) is 37.2 Å². The zero-order valence-electron chi connectivity index (χ0n) is 14.3. The van der Waals surface area contributed by atoms with Gasteiger partial charge in [0.05, 0.1) is 0 Å². The van der Waals surface area contributed by atoms with Crippen LogP contribution in [-0.2, 0) is 0 Å². The molecule has 0 bridgehead atoms. The van der Waals surface area contributed by atoms with Gasteiger partial charge in [-0.05, 0) is 24.6 Å². The smallest absolute Gasteiger partial charge is 0.0451 e. The van der Waals surface area contributed by atoms with Crippen molar-refractivity contribution < 1.29 is 0 Å². The first-order chi connectivity index (χ1) is 12.4. The van der Waals surface area contributed by atoms with E-state index < -0.39 is 7.92 Å². The van der Waals surface area contributed by atoms with Crippen LogP contribution in [0, 0.1) is 0 Å². The number of anilines is 1. The van der Waals surface area contributed by atoms with Gasteiger partial charge in [-0.25, -0.2) is 0 Å². The fourth-order valence-electron chi connectivity index (χ4n) is 3.41. The fourth-order valence-corrected chi connectivity index (χ4v) is 5.88. The van der Waals surface area contributed by atoms with Crippen molar-refractivity contribution in [3.05, 3.63) is 84.9 Å². The monoisotopic (exact) mass is 346 g/mol. The molecule has 0 aliphatic carbocycles. The van der Waals surface area contributed by atoms with E-state index in [4.69, 9.17) is 0 Å². The molecule has 3 aromatic rings. The highest BCUT2D eigenvalue weighted by Crippen LogP contribution is 2.36. The minimum atomic E-state index is -0.554. The highest BCUT2D eigenvalue weighted by molar-refractivity contribution is 7.80. The molecular formula is C22H23N2P. The average Bonchev–Trinajstić information content (AvgIpc) is 2.71. The Balaban J connectivity index is 1.83. The maximum absolute atomic E-state index is 3.46. The van der Waals surface area contributed by atoms with E-state index in [1.54, 1.807) is 0 Å². The largest absolute Gasteiger partial charge is 0.368 e. The van der Waals surface area contributed by atoms with Crippen molar-refractivity contribution in [2.24, 2.45) is 0 Å². The van der Waals surface area contributed by atoms with Crippen molar-refractivity contribution in [1.82, 2.24) is 5.32 Å². The Morgan fingerprint density at radius 1 is 0.640 bits per heavy atom. The molecule has 1 aliphatic rings. The highest BCUT2D eigenvalue weighted by Gasteiger charge is 2.22. The van der Waals surface area contributed by atoms with Gasteiger partial charge in [-0.1, -0.05) is 78.9 Å². The van der Waals surface area contributed by atoms with Crippen LogP contribution in [0.15, 0.2) is 84.9 Å². The van der Waals surface area contributed by atoms with Gasteiger partial charge in [0.2, 0.25) is 0 Å². The molecule has 0 amide bonds. The molecule has 1 saturated heterocycles. The Morgan fingerprint density at radius 2 is 1.16 bits per heavy atom. The second-order valence-corrected chi connectivity index (χ2v) is 8.42. The lowest BCUT2D eigenvalue weighted by atomic mass is 10.2. The quantitative estimate of drug-likeness (QED) is 0.731. The Labute approximate surface area is 151 Å². The molecular weight excluding hydrogens is 323 g/mol. The molecule has 25 heavy (non-hydrogen) atoms. The summed E-state index contributed by atoms with van der Waals surface area (Å²) in [6.45, 7) is 4.26. The van der Waals surface area contributed by atoms with Gasteiger partial charge in [-0.3, -0.25) is 0 Å². The molecule has 0 unspecified atom stereocenters. The number of piperazine rings is 1. The Bertz CT molecular complexity index is 759.